The highest BCUT2D eigenvalue weighted by Crippen LogP contribution is 2.17. The molecule has 74 valence electrons. The SMILES string of the molecule is C[C@H](O)CN1CC(C(N)=O)CC1=O. The Morgan fingerprint density at radius 3 is 2.85 bits per heavy atom. The average molecular weight is 186 g/mol. The quantitative estimate of drug-likeness (QED) is 0.574. The third-order valence-corrected chi connectivity index (χ3v) is 2.10. The molecule has 2 atom stereocenters. The number of primary amides is 1. The number of likely N-dealkylation sites (tertiary alicyclic amines) is 1. The van der Waals surface area contributed by atoms with E-state index in [0.717, 1.165) is 0 Å². The lowest BCUT2D eigenvalue weighted by Crippen LogP contribution is -2.33. The number of rotatable bonds is 3. The van der Waals surface area contributed by atoms with Crippen LogP contribution < -0.4 is 5.73 Å². The molecule has 13 heavy (non-hydrogen) atoms. The van der Waals surface area contributed by atoms with Crippen molar-refractivity contribution in [2.75, 3.05) is 13.1 Å². The van der Waals surface area contributed by atoms with E-state index in [2.05, 4.69) is 0 Å². The van der Waals surface area contributed by atoms with Crippen LogP contribution in [-0.2, 0) is 9.59 Å². The van der Waals surface area contributed by atoms with Crippen molar-refractivity contribution in [2.24, 2.45) is 11.7 Å². The highest BCUT2D eigenvalue weighted by atomic mass is 16.3. The fraction of sp³-hybridized carbons (Fsp3) is 0.750. The number of carbonyl (C=O) groups excluding carboxylic acids is 2. The monoisotopic (exact) mass is 186 g/mol. The van der Waals surface area contributed by atoms with Gasteiger partial charge in [0.25, 0.3) is 0 Å². The molecule has 1 saturated heterocycles. The van der Waals surface area contributed by atoms with Crippen molar-refractivity contribution in [3.8, 4) is 0 Å². The molecule has 0 spiro atoms. The molecule has 1 aliphatic heterocycles. The Kier molecular flexibility index (Phi) is 2.87. The molecule has 0 bridgehead atoms. The molecule has 1 aliphatic rings. The van der Waals surface area contributed by atoms with Gasteiger partial charge in [-0.25, -0.2) is 0 Å². The summed E-state index contributed by atoms with van der Waals surface area (Å²) >= 11 is 0. The van der Waals surface area contributed by atoms with E-state index in [0.29, 0.717) is 6.54 Å². The Morgan fingerprint density at radius 1 is 1.85 bits per heavy atom. The summed E-state index contributed by atoms with van der Waals surface area (Å²) in [7, 11) is 0. The lowest BCUT2D eigenvalue weighted by atomic mass is 10.1. The molecule has 0 radical (unpaired) electrons. The van der Waals surface area contributed by atoms with Crippen LogP contribution in [0, 0.1) is 5.92 Å². The van der Waals surface area contributed by atoms with E-state index in [1.807, 2.05) is 0 Å². The highest BCUT2D eigenvalue weighted by molar-refractivity contribution is 5.88. The summed E-state index contributed by atoms with van der Waals surface area (Å²) in [5.41, 5.74) is 5.07. The summed E-state index contributed by atoms with van der Waals surface area (Å²) in [4.78, 5) is 23.5. The van der Waals surface area contributed by atoms with Gasteiger partial charge in [-0.15, -0.1) is 0 Å². The molecule has 1 fully saturated rings. The first-order valence-electron chi connectivity index (χ1n) is 4.26. The van der Waals surface area contributed by atoms with Gasteiger partial charge in [0.15, 0.2) is 0 Å². The van der Waals surface area contributed by atoms with E-state index in [-0.39, 0.29) is 24.8 Å². The predicted molar refractivity (Wildman–Crippen MR) is 45.6 cm³/mol. The minimum absolute atomic E-state index is 0.107. The third kappa shape index (κ3) is 2.42. The summed E-state index contributed by atoms with van der Waals surface area (Å²) in [6.07, 6.45) is -0.377. The van der Waals surface area contributed by atoms with Crippen LogP contribution in [0.15, 0.2) is 0 Å². The largest absolute Gasteiger partial charge is 0.392 e. The van der Waals surface area contributed by atoms with E-state index in [9.17, 15) is 9.59 Å². The van der Waals surface area contributed by atoms with Crippen molar-refractivity contribution in [2.45, 2.75) is 19.4 Å². The summed E-state index contributed by atoms with van der Waals surface area (Å²) in [5, 5.41) is 9.05. The number of aliphatic hydroxyl groups is 1. The summed E-state index contributed by atoms with van der Waals surface area (Å²) < 4.78 is 0. The first-order valence-corrected chi connectivity index (χ1v) is 4.26. The van der Waals surface area contributed by atoms with Gasteiger partial charge in [0.05, 0.1) is 12.0 Å². The molecule has 0 aromatic carbocycles. The maximum Gasteiger partial charge on any atom is 0.223 e. The molecule has 2 amide bonds. The standard InChI is InChI=1S/C8H14N2O3/c1-5(11)3-10-4-6(8(9)13)2-7(10)12/h5-6,11H,2-4H2,1H3,(H2,9,13)/t5-,6?/m0/s1. The number of hydrogen-bond donors (Lipinski definition) is 2. The molecule has 1 unspecified atom stereocenters. The van der Waals surface area contributed by atoms with Crippen molar-refractivity contribution in [1.29, 1.82) is 0 Å². The van der Waals surface area contributed by atoms with Crippen molar-refractivity contribution in [3.63, 3.8) is 0 Å². The normalized spacial score (nSPS) is 24.9. The van der Waals surface area contributed by atoms with Gasteiger partial charge >= 0.3 is 0 Å². The van der Waals surface area contributed by atoms with Crippen molar-refractivity contribution in [1.82, 2.24) is 4.90 Å². The molecule has 0 aliphatic carbocycles. The van der Waals surface area contributed by atoms with Gasteiger partial charge in [-0.1, -0.05) is 0 Å². The van der Waals surface area contributed by atoms with Crippen LogP contribution in [0.2, 0.25) is 0 Å². The zero-order valence-corrected chi connectivity index (χ0v) is 7.56. The average Bonchev–Trinajstić information content (AvgIpc) is 2.31. The number of aliphatic hydroxyl groups excluding tert-OH is 1. The lowest BCUT2D eigenvalue weighted by molar-refractivity contribution is -0.129. The Balaban J connectivity index is 2.51. The van der Waals surface area contributed by atoms with Gasteiger partial charge in [-0.2, -0.15) is 0 Å². The minimum Gasteiger partial charge on any atom is -0.392 e. The zero-order chi connectivity index (χ0) is 10.0. The number of nitrogens with zero attached hydrogens (tertiary/aromatic N) is 1. The Bertz CT molecular complexity index is 227. The van der Waals surface area contributed by atoms with Gasteiger partial charge in [0, 0.05) is 19.5 Å². The smallest absolute Gasteiger partial charge is 0.223 e. The lowest BCUT2D eigenvalue weighted by Gasteiger charge is -2.17. The Hall–Kier alpha value is -1.10. The second kappa shape index (κ2) is 3.74. The van der Waals surface area contributed by atoms with Crippen LogP contribution in [0.25, 0.3) is 0 Å². The maximum absolute atomic E-state index is 11.2. The number of carbonyl (C=O) groups is 2. The van der Waals surface area contributed by atoms with Gasteiger partial charge in [0.1, 0.15) is 0 Å². The molecule has 0 saturated carbocycles. The van der Waals surface area contributed by atoms with E-state index < -0.39 is 12.0 Å². The van der Waals surface area contributed by atoms with Crippen LogP contribution in [0.1, 0.15) is 13.3 Å². The Labute approximate surface area is 76.5 Å². The predicted octanol–water partition coefficient (Wildman–Crippen LogP) is -1.30. The van der Waals surface area contributed by atoms with Gasteiger partial charge in [-0.05, 0) is 6.92 Å². The molecule has 0 aromatic heterocycles. The van der Waals surface area contributed by atoms with Crippen LogP contribution in [0.4, 0.5) is 0 Å². The van der Waals surface area contributed by atoms with Gasteiger partial charge in [0.2, 0.25) is 11.8 Å². The molecule has 5 heteroatoms. The number of nitrogens with two attached hydrogens (primary N) is 1. The third-order valence-electron chi connectivity index (χ3n) is 2.10. The van der Waals surface area contributed by atoms with Gasteiger partial charge < -0.3 is 15.7 Å². The highest BCUT2D eigenvalue weighted by Gasteiger charge is 2.33. The first kappa shape index (κ1) is 9.98. The van der Waals surface area contributed by atoms with Crippen molar-refractivity contribution < 1.29 is 14.7 Å². The molecule has 3 N–H and O–H groups in total. The Morgan fingerprint density at radius 2 is 2.46 bits per heavy atom. The van der Waals surface area contributed by atoms with Crippen molar-refractivity contribution >= 4 is 11.8 Å². The fourth-order valence-corrected chi connectivity index (χ4v) is 1.46. The maximum atomic E-state index is 11.2. The second-order valence-electron chi connectivity index (χ2n) is 3.45. The first-order chi connectivity index (χ1) is 6.00. The number of β-amino-alcohol motifs (C(OH)–C–C–N with tert-alkyl or cyclic N) is 1. The zero-order valence-electron chi connectivity index (χ0n) is 7.56. The van der Waals surface area contributed by atoms with E-state index in [4.69, 9.17) is 10.8 Å². The fourth-order valence-electron chi connectivity index (χ4n) is 1.46. The molecule has 1 rings (SSSR count). The van der Waals surface area contributed by atoms with Crippen LogP contribution in [0.3, 0.4) is 0 Å². The van der Waals surface area contributed by atoms with Gasteiger partial charge in [-0.3, -0.25) is 9.59 Å². The summed E-state index contributed by atoms with van der Waals surface area (Å²) in [6, 6.07) is 0. The minimum atomic E-state index is -0.560. The summed E-state index contributed by atoms with van der Waals surface area (Å²) in [5.74, 6) is -0.933. The molecular formula is C8H14N2O3. The van der Waals surface area contributed by atoms with Crippen LogP contribution in [-0.4, -0.2) is 41.0 Å². The molecule has 5 nitrogen and oxygen atoms in total. The number of amides is 2. The van der Waals surface area contributed by atoms with Crippen molar-refractivity contribution in [3.05, 3.63) is 0 Å². The van der Waals surface area contributed by atoms with Crippen LogP contribution >= 0.6 is 0 Å². The molecular weight excluding hydrogens is 172 g/mol. The topological polar surface area (TPSA) is 83.6 Å². The van der Waals surface area contributed by atoms with E-state index in [1.54, 1.807) is 6.92 Å². The molecule has 0 aromatic rings. The van der Waals surface area contributed by atoms with E-state index in [1.165, 1.54) is 4.90 Å². The summed E-state index contributed by atoms with van der Waals surface area (Å²) in [6.45, 7) is 2.23. The number of hydrogen-bond acceptors (Lipinski definition) is 3. The molecule has 1 heterocycles. The van der Waals surface area contributed by atoms with Crippen LogP contribution in [0.5, 0.6) is 0 Å². The van der Waals surface area contributed by atoms with E-state index >= 15 is 0 Å². The second-order valence-corrected chi connectivity index (χ2v) is 3.45.